The van der Waals surface area contributed by atoms with Crippen molar-refractivity contribution in [1.29, 1.82) is 0 Å². The van der Waals surface area contributed by atoms with Gasteiger partial charge in [-0.25, -0.2) is 4.39 Å². The Labute approximate surface area is 99.4 Å². The van der Waals surface area contributed by atoms with Crippen LogP contribution in [0.4, 0.5) is 4.39 Å². The fraction of sp³-hybridized carbons (Fsp3) is 0.364. The topological polar surface area (TPSA) is 26.0 Å². The molecule has 1 nitrogen and oxygen atoms in total. The molecule has 4 heteroatoms. The number of thiocarbonyl (C=S) groups is 1. The van der Waals surface area contributed by atoms with Crippen LogP contribution in [0.15, 0.2) is 18.2 Å². The lowest BCUT2D eigenvalue weighted by Crippen LogP contribution is -2.25. The number of hydrogen-bond donors (Lipinski definition) is 1. The number of halogens is 2. The van der Waals surface area contributed by atoms with Gasteiger partial charge < -0.3 is 5.73 Å². The van der Waals surface area contributed by atoms with E-state index in [0.717, 1.165) is 0 Å². The van der Waals surface area contributed by atoms with E-state index in [9.17, 15) is 4.39 Å². The predicted octanol–water partition coefficient (Wildman–Crippen LogP) is 3.50. The minimum absolute atomic E-state index is 0.122. The zero-order chi connectivity index (χ0) is 11.6. The Morgan fingerprint density at radius 2 is 2.07 bits per heavy atom. The summed E-state index contributed by atoms with van der Waals surface area (Å²) in [5, 5.41) is 0.376. The van der Waals surface area contributed by atoms with Crippen molar-refractivity contribution in [3.63, 3.8) is 0 Å². The molecule has 15 heavy (non-hydrogen) atoms. The van der Waals surface area contributed by atoms with E-state index in [1.807, 2.05) is 13.8 Å². The molecule has 1 aromatic carbocycles. The monoisotopic (exact) mass is 245 g/mol. The van der Waals surface area contributed by atoms with Crippen LogP contribution in [0.25, 0.3) is 0 Å². The minimum Gasteiger partial charge on any atom is -0.393 e. The summed E-state index contributed by atoms with van der Waals surface area (Å²) in [6.45, 7) is 3.87. The predicted molar refractivity (Wildman–Crippen MR) is 65.8 cm³/mol. The van der Waals surface area contributed by atoms with Crippen molar-refractivity contribution >= 4 is 28.8 Å². The summed E-state index contributed by atoms with van der Waals surface area (Å²) >= 11 is 10.9. The normalized spacial score (nSPS) is 12.9. The molecule has 0 saturated heterocycles. The van der Waals surface area contributed by atoms with Crippen LogP contribution in [0.1, 0.15) is 25.3 Å². The molecule has 1 unspecified atom stereocenters. The number of benzene rings is 1. The van der Waals surface area contributed by atoms with Gasteiger partial charge in [-0.3, -0.25) is 0 Å². The van der Waals surface area contributed by atoms with Crippen LogP contribution in [0, 0.1) is 11.7 Å². The summed E-state index contributed by atoms with van der Waals surface area (Å²) in [4.78, 5) is 0.275. The smallest absolute Gasteiger partial charge is 0.128 e. The molecule has 0 radical (unpaired) electrons. The van der Waals surface area contributed by atoms with Gasteiger partial charge in [-0.1, -0.05) is 43.7 Å². The van der Waals surface area contributed by atoms with Crippen molar-refractivity contribution in [2.24, 2.45) is 11.7 Å². The third-order valence-electron chi connectivity index (χ3n) is 2.28. The summed E-state index contributed by atoms with van der Waals surface area (Å²) in [6, 6.07) is 4.58. The number of hydrogen-bond acceptors (Lipinski definition) is 1. The van der Waals surface area contributed by atoms with E-state index in [4.69, 9.17) is 29.6 Å². The second kappa shape index (κ2) is 4.90. The maximum atomic E-state index is 13.6. The first-order valence-electron chi connectivity index (χ1n) is 4.68. The highest BCUT2D eigenvalue weighted by atomic mass is 35.5. The van der Waals surface area contributed by atoms with E-state index in [1.165, 1.54) is 6.07 Å². The molecule has 82 valence electrons. The van der Waals surface area contributed by atoms with Gasteiger partial charge in [0.2, 0.25) is 0 Å². The Bertz CT molecular complexity index is 359. The Kier molecular flexibility index (Phi) is 4.05. The quantitative estimate of drug-likeness (QED) is 0.825. The van der Waals surface area contributed by atoms with Crippen LogP contribution in [-0.4, -0.2) is 4.99 Å². The van der Waals surface area contributed by atoms with Gasteiger partial charge in [-0.05, 0) is 18.1 Å². The van der Waals surface area contributed by atoms with E-state index < -0.39 is 0 Å². The molecular formula is C11H13ClFNS. The van der Waals surface area contributed by atoms with Crippen molar-refractivity contribution < 1.29 is 4.39 Å². The molecule has 0 aliphatic rings. The average Bonchev–Trinajstić information content (AvgIpc) is 2.09. The minimum atomic E-state index is -0.353. The van der Waals surface area contributed by atoms with E-state index in [2.05, 4.69) is 0 Å². The zero-order valence-corrected chi connectivity index (χ0v) is 10.2. The Balaban J connectivity index is 3.28. The SMILES string of the molecule is CC(C)C(C(N)=S)c1c(F)cccc1Cl. The molecule has 0 aromatic heterocycles. The average molecular weight is 246 g/mol. The van der Waals surface area contributed by atoms with E-state index in [0.29, 0.717) is 10.6 Å². The first kappa shape index (κ1) is 12.4. The summed E-state index contributed by atoms with van der Waals surface area (Å²) < 4.78 is 13.6. The summed E-state index contributed by atoms with van der Waals surface area (Å²) in [7, 11) is 0. The Morgan fingerprint density at radius 3 is 2.47 bits per heavy atom. The third kappa shape index (κ3) is 2.67. The highest BCUT2D eigenvalue weighted by Crippen LogP contribution is 2.32. The molecule has 0 spiro atoms. The largest absolute Gasteiger partial charge is 0.393 e. The molecule has 0 heterocycles. The van der Waals surface area contributed by atoms with Crippen molar-refractivity contribution in [2.45, 2.75) is 19.8 Å². The summed E-state index contributed by atoms with van der Waals surface area (Å²) in [5.74, 6) is -0.542. The number of nitrogens with two attached hydrogens (primary N) is 1. The first-order valence-corrected chi connectivity index (χ1v) is 5.47. The molecule has 1 atom stereocenters. The lowest BCUT2D eigenvalue weighted by Gasteiger charge is -2.21. The third-order valence-corrected chi connectivity index (χ3v) is 2.87. The Morgan fingerprint density at radius 1 is 1.47 bits per heavy atom. The highest BCUT2D eigenvalue weighted by molar-refractivity contribution is 7.80. The van der Waals surface area contributed by atoms with Crippen LogP contribution in [-0.2, 0) is 0 Å². The van der Waals surface area contributed by atoms with Crippen molar-refractivity contribution in [3.05, 3.63) is 34.6 Å². The Hall–Kier alpha value is -0.670. The van der Waals surface area contributed by atoms with Crippen molar-refractivity contribution in [3.8, 4) is 0 Å². The van der Waals surface area contributed by atoms with Gasteiger partial charge >= 0.3 is 0 Å². The molecular weight excluding hydrogens is 233 g/mol. The van der Waals surface area contributed by atoms with E-state index in [1.54, 1.807) is 12.1 Å². The highest BCUT2D eigenvalue weighted by Gasteiger charge is 2.24. The van der Waals surface area contributed by atoms with E-state index >= 15 is 0 Å². The molecule has 0 aliphatic carbocycles. The van der Waals surface area contributed by atoms with Gasteiger partial charge in [-0.2, -0.15) is 0 Å². The molecule has 1 aromatic rings. The standard InChI is InChI=1S/C11H13ClFNS/c1-6(2)9(11(14)15)10-7(12)4-3-5-8(10)13/h3-6,9H,1-2H3,(H2,14,15). The molecule has 2 N–H and O–H groups in total. The maximum absolute atomic E-state index is 13.6. The lowest BCUT2D eigenvalue weighted by molar-refractivity contribution is 0.551. The van der Waals surface area contributed by atoms with E-state index in [-0.39, 0.29) is 22.6 Å². The van der Waals surface area contributed by atoms with Gasteiger partial charge in [0, 0.05) is 16.5 Å². The second-order valence-corrected chi connectivity index (χ2v) is 4.64. The summed E-state index contributed by atoms with van der Waals surface area (Å²) in [5.41, 5.74) is 6.02. The molecule has 0 amide bonds. The molecule has 0 saturated carbocycles. The van der Waals surface area contributed by atoms with Crippen molar-refractivity contribution in [2.75, 3.05) is 0 Å². The van der Waals surface area contributed by atoms with Crippen LogP contribution in [0.5, 0.6) is 0 Å². The van der Waals surface area contributed by atoms with Crippen LogP contribution >= 0.6 is 23.8 Å². The van der Waals surface area contributed by atoms with Gasteiger partial charge in [0.1, 0.15) is 5.82 Å². The maximum Gasteiger partial charge on any atom is 0.128 e. The van der Waals surface area contributed by atoms with Gasteiger partial charge in [0.15, 0.2) is 0 Å². The molecule has 0 aliphatic heterocycles. The second-order valence-electron chi connectivity index (χ2n) is 3.76. The fourth-order valence-corrected chi connectivity index (χ4v) is 2.28. The van der Waals surface area contributed by atoms with Crippen LogP contribution in [0.2, 0.25) is 5.02 Å². The van der Waals surface area contributed by atoms with Crippen LogP contribution in [0.3, 0.4) is 0 Å². The van der Waals surface area contributed by atoms with Gasteiger partial charge in [0.05, 0.1) is 4.99 Å². The molecule has 1 rings (SSSR count). The lowest BCUT2D eigenvalue weighted by atomic mass is 9.88. The molecule has 0 fully saturated rings. The van der Waals surface area contributed by atoms with Crippen molar-refractivity contribution in [1.82, 2.24) is 0 Å². The van der Waals surface area contributed by atoms with Gasteiger partial charge in [-0.15, -0.1) is 0 Å². The van der Waals surface area contributed by atoms with Gasteiger partial charge in [0.25, 0.3) is 0 Å². The fourth-order valence-electron chi connectivity index (χ4n) is 1.61. The van der Waals surface area contributed by atoms with Crippen LogP contribution < -0.4 is 5.73 Å². The number of rotatable bonds is 3. The zero-order valence-electron chi connectivity index (χ0n) is 8.63. The summed E-state index contributed by atoms with van der Waals surface area (Å²) in [6.07, 6.45) is 0. The molecule has 0 bridgehead atoms. The first-order chi connectivity index (χ1) is 6.95.